The van der Waals surface area contributed by atoms with E-state index in [0.717, 1.165) is 17.0 Å². The van der Waals surface area contributed by atoms with Gasteiger partial charge < -0.3 is 9.47 Å². The molecule has 39 heavy (non-hydrogen) atoms. The second kappa shape index (κ2) is 13.0. The van der Waals surface area contributed by atoms with Crippen LogP contribution < -0.4 is 14.9 Å². The van der Waals surface area contributed by atoms with Crippen molar-refractivity contribution in [3.05, 3.63) is 94.6 Å². The number of methoxy groups -OCH3 is 2. The number of hydrogen-bond acceptors (Lipinski definition) is 9. The van der Waals surface area contributed by atoms with Crippen LogP contribution in [0.1, 0.15) is 5.56 Å². The number of hydrogen-bond donors (Lipinski definition) is 1. The highest BCUT2D eigenvalue weighted by molar-refractivity contribution is 7.99. The van der Waals surface area contributed by atoms with E-state index in [1.807, 2.05) is 53.1 Å². The van der Waals surface area contributed by atoms with Crippen LogP contribution in [0.5, 0.6) is 11.5 Å². The van der Waals surface area contributed by atoms with Crippen molar-refractivity contribution in [2.24, 2.45) is 5.10 Å². The second-order valence-corrected chi connectivity index (χ2v) is 8.79. The maximum absolute atomic E-state index is 12.4. The number of nitrogens with one attached hydrogen (secondary N) is 1. The maximum atomic E-state index is 12.4. The second-order valence-electron chi connectivity index (χ2n) is 7.84. The molecule has 0 unspecified atom stereocenters. The highest BCUT2D eigenvalue weighted by Gasteiger charge is 2.17. The van der Waals surface area contributed by atoms with E-state index >= 15 is 0 Å². The summed E-state index contributed by atoms with van der Waals surface area (Å²) < 4.78 is 12.4. The lowest BCUT2D eigenvalue weighted by molar-refractivity contribution is -0.385. The van der Waals surface area contributed by atoms with Gasteiger partial charge in [-0.3, -0.25) is 19.5 Å². The zero-order valence-corrected chi connectivity index (χ0v) is 21.9. The molecule has 0 aliphatic carbocycles. The Kier molecular flexibility index (Phi) is 9.03. The summed E-state index contributed by atoms with van der Waals surface area (Å²) in [7, 11) is 3.20. The summed E-state index contributed by atoms with van der Waals surface area (Å²) in [6, 6.07) is 21.2. The monoisotopic (exact) mass is 544 g/mol. The number of aromatic nitrogens is 3. The molecule has 0 aliphatic rings. The van der Waals surface area contributed by atoms with Gasteiger partial charge in [-0.25, -0.2) is 5.43 Å². The number of para-hydroxylation sites is 1. The smallest absolute Gasteiger partial charge is 0.276 e. The number of nitro groups is 1. The molecule has 11 nitrogen and oxygen atoms in total. The average Bonchev–Trinajstić information content (AvgIpc) is 3.40. The predicted molar refractivity (Wildman–Crippen MR) is 149 cm³/mol. The number of nitrogens with zero attached hydrogens (tertiary/aromatic N) is 5. The lowest BCUT2D eigenvalue weighted by Gasteiger charge is -2.11. The minimum Gasteiger partial charge on any atom is -0.497 e. The first-order valence-corrected chi connectivity index (χ1v) is 12.6. The largest absolute Gasteiger partial charge is 0.497 e. The quantitative estimate of drug-likeness (QED) is 0.124. The fraction of sp³-hybridized carbons (Fsp3) is 0.111. The summed E-state index contributed by atoms with van der Waals surface area (Å²) in [5.41, 5.74) is 4.48. The van der Waals surface area contributed by atoms with E-state index < -0.39 is 4.92 Å². The summed E-state index contributed by atoms with van der Waals surface area (Å²) in [5.74, 6) is 1.70. The van der Waals surface area contributed by atoms with E-state index in [9.17, 15) is 14.9 Å². The summed E-state index contributed by atoms with van der Waals surface area (Å²) in [6.45, 7) is 0. The number of amides is 1. The van der Waals surface area contributed by atoms with Crippen LogP contribution >= 0.6 is 11.8 Å². The van der Waals surface area contributed by atoms with E-state index in [1.165, 1.54) is 30.1 Å². The molecule has 1 aromatic heterocycles. The molecule has 0 fully saturated rings. The Hall–Kier alpha value is -4.97. The Balaban J connectivity index is 1.45. The Morgan fingerprint density at radius 1 is 1.03 bits per heavy atom. The van der Waals surface area contributed by atoms with E-state index in [-0.39, 0.29) is 17.3 Å². The van der Waals surface area contributed by atoms with Gasteiger partial charge in [-0.05, 0) is 66.7 Å². The number of carbonyl (C=O) groups is 1. The maximum Gasteiger partial charge on any atom is 0.276 e. The van der Waals surface area contributed by atoms with Crippen molar-refractivity contribution in [3.8, 4) is 28.6 Å². The minimum atomic E-state index is -0.458. The van der Waals surface area contributed by atoms with Gasteiger partial charge in [0.05, 0.1) is 30.5 Å². The molecule has 0 saturated carbocycles. The number of carbonyl (C=O) groups excluding carboxylic acids is 1. The Bertz CT molecular complexity index is 1500. The Morgan fingerprint density at radius 3 is 2.36 bits per heavy atom. The van der Waals surface area contributed by atoms with Crippen LogP contribution in [0.25, 0.3) is 23.2 Å². The topological polar surface area (TPSA) is 134 Å². The van der Waals surface area contributed by atoms with Gasteiger partial charge in [0.2, 0.25) is 0 Å². The van der Waals surface area contributed by atoms with Crippen LogP contribution in [0.3, 0.4) is 0 Å². The van der Waals surface area contributed by atoms with Crippen molar-refractivity contribution in [2.45, 2.75) is 5.16 Å². The third kappa shape index (κ3) is 6.87. The SMILES string of the molecule is COc1ccc(-c2nnc(SCC(=O)N/N=C/C=C/c3ccccc3[N+](=O)[O-])n2-c2ccc(OC)cc2)cc1. The van der Waals surface area contributed by atoms with E-state index in [2.05, 4.69) is 20.7 Å². The lowest BCUT2D eigenvalue weighted by atomic mass is 10.2. The van der Waals surface area contributed by atoms with Crippen molar-refractivity contribution >= 4 is 35.6 Å². The molecule has 0 radical (unpaired) electrons. The first kappa shape index (κ1) is 27.1. The fourth-order valence-corrected chi connectivity index (χ4v) is 4.25. The predicted octanol–water partition coefficient (Wildman–Crippen LogP) is 4.77. The molecule has 1 amide bonds. The zero-order chi connectivity index (χ0) is 27.6. The van der Waals surface area contributed by atoms with Crippen LogP contribution in [-0.2, 0) is 4.79 Å². The van der Waals surface area contributed by atoms with Gasteiger partial charge >= 0.3 is 0 Å². The standard InChI is InChI=1S/C27H24N6O5S/c1-37-22-13-9-20(10-14-22)26-30-31-27(32(26)21-11-15-23(38-2)16-12-21)39-18-25(34)29-28-17-5-7-19-6-3-4-8-24(19)33(35)36/h3-17H,18H2,1-2H3,(H,29,34)/b7-5+,28-17+. The molecule has 1 N–H and O–H groups in total. The molecule has 0 bridgehead atoms. The number of ether oxygens (including phenoxy) is 2. The van der Waals surface area contributed by atoms with Gasteiger partial charge in [-0.2, -0.15) is 5.10 Å². The first-order valence-electron chi connectivity index (χ1n) is 11.6. The van der Waals surface area contributed by atoms with E-state index in [1.54, 1.807) is 38.5 Å². The molecule has 198 valence electrons. The Labute approximate surface area is 228 Å². The van der Waals surface area contributed by atoms with Crippen molar-refractivity contribution in [1.29, 1.82) is 0 Å². The summed E-state index contributed by atoms with van der Waals surface area (Å²) in [4.78, 5) is 23.1. The van der Waals surface area contributed by atoms with Crippen LogP contribution in [-0.4, -0.2) is 51.8 Å². The summed E-state index contributed by atoms with van der Waals surface area (Å²) in [5, 5.41) is 24.2. The molecule has 0 saturated heterocycles. The molecule has 0 aliphatic heterocycles. The highest BCUT2D eigenvalue weighted by atomic mass is 32.2. The molecular formula is C27H24N6O5S. The highest BCUT2D eigenvalue weighted by Crippen LogP contribution is 2.29. The number of allylic oxidation sites excluding steroid dienone is 1. The van der Waals surface area contributed by atoms with Crippen molar-refractivity contribution < 1.29 is 19.2 Å². The summed E-state index contributed by atoms with van der Waals surface area (Å²) >= 11 is 1.20. The van der Waals surface area contributed by atoms with Crippen molar-refractivity contribution in [2.75, 3.05) is 20.0 Å². The first-order chi connectivity index (χ1) is 19.0. The van der Waals surface area contributed by atoms with Gasteiger partial charge in [0.15, 0.2) is 11.0 Å². The molecule has 0 atom stereocenters. The van der Waals surface area contributed by atoms with Gasteiger partial charge in [-0.1, -0.05) is 23.9 Å². The van der Waals surface area contributed by atoms with Gasteiger partial charge in [0.25, 0.3) is 11.6 Å². The molecule has 0 spiro atoms. The molecule has 12 heteroatoms. The zero-order valence-electron chi connectivity index (χ0n) is 21.1. The fourth-order valence-electron chi connectivity index (χ4n) is 3.51. The molecule has 1 heterocycles. The number of thioether (sulfide) groups is 1. The minimum absolute atomic E-state index is 0.0161. The normalized spacial score (nSPS) is 11.1. The van der Waals surface area contributed by atoms with Crippen LogP contribution in [0.2, 0.25) is 0 Å². The lowest BCUT2D eigenvalue weighted by Crippen LogP contribution is -2.19. The van der Waals surface area contributed by atoms with Crippen molar-refractivity contribution in [1.82, 2.24) is 20.2 Å². The molecule has 3 aromatic carbocycles. The Morgan fingerprint density at radius 2 is 1.69 bits per heavy atom. The molecule has 4 rings (SSSR count). The average molecular weight is 545 g/mol. The number of benzene rings is 3. The van der Waals surface area contributed by atoms with E-state index in [4.69, 9.17) is 9.47 Å². The van der Waals surface area contributed by atoms with Gasteiger partial charge in [0, 0.05) is 23.5 Å². The molecule has 4 aromatic rings. The van der Waals surface area contributed by atoms with Crippen LogP contribution in [0.15, 0.2) is 89.1 Å². The molecular weight excluding hydrogens is 520 g/mol. The number of hydrazone groups is 1. The third-order valence-corrected chi connectivity index (χ3v) is 6.33. The van der Waals surface area contributed by atoms with Gasteiger partial charge in [0.1, 0.15) is 11.5 Å². The van der Waals surface area contributed by atoms with Crippen LogP contribution in [0, 0.1) is 10.1 Å². The third-order valence-electron chi connectivity index (χ3n) is 5.40. The number of nitro benzene ring substituents is 1. The van der Waals surface area contributed by atoms with Gasteiger partial charge in [-0.15, -0.1) is 10.2 Å². The summed E-state index contributed by atoms with van der Waals surface area (Å²) in [6.07, 6.45) is 4.40. The van der Waals surface area contributed by atoms with Crippen molar-refractivity contribution in [3.63, 3.8) is 0 Å². The number of rotatable bonds is 11. The van der Waals surface area contributed by atoms with Crippen LogP contribution in [0.4, 0.5) is 5.69 Å². The van der Waals surface area contributed by atoms with E-state index in [0.29, 0.717) is 22.3 Å².